The number of H-pyrrole nitrogens is 1. The number of benzene rings is 1. The summed E-state index contributed by atoms with van der Waals surface area (Å²) in [6.07, 6.45) is 3.41. The van der Waals surface area contributed by atoms with Gasteiger partial charge in [0.15, 0.2) is 5.82 Å². The van der Waals surface area contributed by atoms with Gasteiger partial charge in [-0.3, -0.25) is 9.59 Å². The van der Waals surface area contributed by atoms with E-state index < -0.39 is 23.1 Å². The third-order valence-electron chi connectivity index (χ3n) is 4.57. The molecule has 26 heavy (non-hydrogen) atoms. The van der Waals surface area contributed by atoms with E-state index in [9.17, 15) is 18.4 Å². The van der Waals surface area contributed by atoms with E-state index in [0.29, 0.717) is 12.0 Å². The van der Waals surface area contributed by atoms with E-state index >= 15 is 0 Å². The third-order valence-corrected chi connectivity index (χ3v) is 4.84. The van der Waals surface area contributed by atoms with E-state index in [1.54, 1.807) is 0 Å². The summed E-state index contributed by atoms with van der Waals surface area (Å²) in [5, 5.41) is 2.78. The molecule has 1 unspecified atom stereocenters. The van der Waals surface area contributed by atoms with E-state index in [4.69, 9.17) is 11.6 Å². The Labute approximate surface area is 153 Å². The third kappa shape index (κ3) is 4.27. The Kier molecular flexibility index (Phi) is 5.36. The molecule has 1 aliphatic rings. The molecule has 1 aromatic heterocycles. The predicted molar refractivity (Wildman–Crippen MR) is 93.1 cm³/mol. The molecule has 0 spiro atoms. The summed E-state index contributed by atoms with van der Waals surface area (Å²) in [6, 6.07) is 3.30. The molecule has 1 fully saturated rings. The first-order valence-corrected chi connectivity index (χ1v) is 8.72. The van der Waals surface area contributed by atoms with Crippen LogP contribution in [0.1, 0.15) is 35.9 Å². The minimum absolute atomic E-state index is 0.0783. The van der Waals surface area contributed by atoms with E-state index in [-0.39, 0.29) is 28.7 Å². The second kappa shape index (κ2) is 7.53. The van der Waals surface area contributed by atoms with Gasteiger partial charge in [-0.25, -0.2) is 13.8 Å². The maximum atomic E-state index is 13.9. The van der Waals surface area contributed by atoms with Crippen molar-refractivity contribution < 1.29 is 13.6 Å². The summed E-state index contributed by atoms with van der Waals surface area (Å²) in [5.41, 5.74) is -0.187. The van der Waals surface area contributed by atoms with Crippen LogP contribution in [0.3, 0.4) is 0 Å². The van der Waals surface area contributed by atoms with Crippen LogP contribution in [0.25, 0.3) is 0 Å². The highest BCUT2D eigenvalue weighted by molar-refractivity contribution is 6.30. The number of hydrogen-bond donors (Lipinski definition) is 2. The minimum Gasteiger partial charge on any atom is -0.346 e. The molecule has 5 nitrogen and oxygen atoms in total. The number of halogens is 3. The first kappa shape index (κ1) is 18.5. The highest BCUT2D eigenvalue weighted by atomic mass is 35.5. The van der Waals surface area contributed by atoms with Crippen LogP contribution in [0.2, 0.25) is 5.02 Å². The topological polar surface area (TPSA) is 74.8 Å². The monoisotopic (exact) mass is 381 g/mol. The number of carbonyl (C=O) groups excluding carboxylic acids is 1. The Morgan fingerprint density at radius 2 is 2.15 bits per heavy atom. The minimum atomic E-state index is -0.622. The number of aromatic nitrogens is 2. The van der Waals surface area contributed by atoms with Crippen molar-refractivity contribution in [2.75, 3.05) is 0 Å². The van der Waals surface area contributed by atoms with Crippen molar-refractivity contribution in [2.45, 2.75) is 32.2 Å². The molecular formula is C18H18ClF2N3O2. The molecule has 2 atom stereocenters. The van der Waals surface area contributed by atoms with Gasteiger partial charge in [-0.15, -0.1) is 0 Å². The first-order chi connectivity index (χ1) is 12.3. The Balaban J connectivity index is 1.73. The zero-order valence-corrected chi connectivity index (χ0v) is 14.8. The Bertz CT molecular complexity index is 883. The summed E-state index contributed by atoms with van der Waals surface area (Å²) >= 11 is 5.62. The number of aromatic amines is 1. The second-order valence-electron chi connectivity index (χ2n) is 6.66. The van der Waals surface area contributed by atoms with Crippen LogP contribution < -0.4 is 10.9 Å². The maximum absolute atomic E-state index is 13.9. The molecule has 8 heteroatoms. The van der Waals surface area contributed by atoms with Crippen LogP contribution in [0.4, 0.5) is 8.78 Å². The largest absolute Gasteiger partial charge is 0.346 e. The van der Waals surface area contributed by atoms with Gasteiger partial charge < -0.3 is 10.3 Å². The van der Waals surface area contributed by atoms with E-state index in [1.807, 2.05) is 6.92 Å². The van der Waals surface area contributed by atoms with Gasteiger partial charge in [-0.05, 0) is 42.7 Å². The summed E-state index contributed by atoms with van der Waals surface area (Å²) in [7, 11) is 0. The number of amides is 1. The molecule has 0 radical (unpaired) electrons. The Morgan fingerprint density at radius 1 is 1.42 bits per heavy atom. The smallest absolute Gasteiger partial charge is 0.287 e. The number of nitrogens with zero attached hydrogens (tertiary/aromatic N) is 1. The van der Waals surface area contributed by atoms with Crippen molar-refractivity contribution in [3.8, 4) is 0 Å². The lowest BCUT2D eigenvalue weighted by Crippen LogP contribution is -2.42. The average Bonchev–Trinajstić information content (AvgIpc) is 3.42. The normalized spacial score (nSPS) is 16.2. The van der Waals surface area contributed by atoms with Gasteiger partial charge >= 0.3 is 0 Å². The summed E-state index contributed by atoms with van der Waals surface area (Å²) in [6.45, 7) is 1.91. The van der Waals surface area contributed by atoms with Crippen molar-refractivity contribution in [3.05, 3.63) is 62.8 Å². The van der Waals surface area contributed by atoms with E-state index in [1.165, 1.54) is 12.1 Å². The molecular weight excluding hydrogens is 364 g/mol. The molecule has 1 aromatic carbocycles. The van der Waals surface area contributed by atoms with Crippen LogP contribution in [-0.4, -0.2) is 21.9 Å². The van der Waals surface area contributed by atoms with Crippen molar-refractivity contribution in [2.24, 2.45) is 11.8 Å². The number of hydrogen-bond acceptors (Lipinski definition) is 3. The summed E-state index contributed by atoms with van der Waals surface area (Å²) < 4.78 is 27.0. The van der Waals surface area contributed by atoms with Crippen LogP contribution in [0.5, 0.6) is 0 Å². The molecule has 1 heterocycles. The SMILES string of the molecule is C[C@@H](Cc1ccc(F)cc1F)C(NC(=O)c1ncc(Cl)c(=O)[nH]1)C1CC1. The second-order valence-corrected chi connectivity index (χ2v) is 7.07. The van der Waals surface area contributed by atoms with Crippen molar-refractivity contribution >= 4 is 17.5 Å². The molecule has 138 valence electrons. The van der Waals surface area contributed by atoms with Gasteiger partial charge in [0.05, 0.1) is 6.20 Å². The fourth-order valence-corrected chi connectivity index (χ4v) is 3.15. The van der Waals surface area contributed by atoms with Gasteiger partial charge in [0.2, 0.25) is 0 Å². The molecule has 0 bridgehead atoms. The van der Waals surface area contributed by atoms with Crippen LogP contribution >= 0.6 is 11.6 Å². The van der Waals surface area contributed by atoms with Crippen molar-refractivity contribution in [3.63, 3.8) is 0 Å². The highest BCUT2D eigenvalue weighted by Gasteiger charge is 2.36. The molecule has 2 aromatic rings. The molecule has 1 aliphatic carbocycles. The fraction of sp³-hybridized carbons (Fsp3) is 0.389. The van der Waals surface area contributed by atoms with Gasteiger partial charge in [0, 0.05) is 12.1 Å². The number of rotatable bonds is 6. The summed E-state index contributed by atoms with van der Waals surface area (Å²) in [4.78, 5) is 30.1. The molecule has 2 N–H and O–H groups in total. The van der Waals surface area contributed by atoms with Gasteiger partial charge in [-0.2, -0.15) is 0 Å². The first-order valence-electron chi connectivity index (χ1n) is 8.34. The van der Waals surface area contributed by atoms with E-state index in [0.717, 1.165) is 25.1 Å². The lowest BCUT2D eigenvalue weighted by Gasteiger charge is -2.25. The van der Waals surface area contributed by atoms with Crippen LogP contribution in [0, 0.1) is 23.5 Å². The average molecular weight is 382 g/mol. The van der Waals surface area contributed by atoms with Crippen LogP contribution in [0.15, 0.2) is 29.2 Å². The zero-order chi connectivity index (χ0) is 18.8. The molecule has 3 rings (SSSR count). The van der Waals surface area contributed by atoms with Gasteiger partial charge in [0.25, 0.3) is 11.5 Å². The fourth-order valence-electron chi connectivity index (χ4n) is 3.06. The Hall–Kier alpha value is -2.28. The number of carbonyl (C=O) groups is 1. The van der Waals surface area contributed by atoms with Crippen molar-refractivity contribution in [1.82, 2.24) is 15.3 Å². The quantitative estimate of drug-likeness (QED) is 0.807. The molecule has 1 saturated carbocycles. The lowest BCUT2D eigenvalue weighted by atomic mass is 9.90. The number of nitrogens with one attached hydrogen (secondary N) is 2. The maximum Gasteiger partial charge on any atom is 0.287 e. The van der Waals surface area contributed by atoms with Crippen molar-refractivity contribution in [1.29, 1.82) is 0 Å². The van der Waals surface area contributed by atoms with E-state index in [2.05, 4.69) is 15.3 Å². The molecule has 0 saturated heterocycles. The summed E-state index contributed by atoms with van der Waals surface area (Å²) in [5.74, 6) is -1.64. The standard InChI is InChI=1S/C18H18ClF2N3O2/c1-9(6-11-4-5-12(20)7-14(11)21)15(10-2-3-10)23-18(26)16-22-8-13(19)17(25)24-16/h4-5,7-10,15H,2-3,6H2,1H3,(H,23,26)(H,22,24,25)/t9-,15?/m0/s1. The molecule has 1 amide bonds. The highest BCUT2D eigenvalue weighted by Crippen LogP contribution is 2.37. The lowest BCUT2D eigenvalue weighted by molar-refractivity contribution is 0.0905. The zero-order valence-electron chi connectivity index (χ0n) is 14.1. The van der Waals surface area contributed by atoms with Crippen LogP contribution in [-0.2, 0) is 6.42 Å². The molecule has 0 aliphatic heterocycles. The van der Waals surface area contributed by atoms with Gasteiger partial charge in [0.1, 0.15) is 16.7 Å². The van der Waals surface area contributed by atoms with Gasteiger partial charge in [-0.1, -0.05) is 24.6 Å². The predicted octanol–water partition coefficient (Wildman–Crippen LogP) is 3.09. The Morgan fingerprint density at radius 3 is 2.77 bits per heavy atom.